The van der Waals surface area contributed by atoms with Gasteiger partial charge in [-0.3, -0.25) is 4.79 Å². The van der Waals surface area contributed by atoms with E-state index >= 15 is 0 Å². The van der Waals surface area contributed by atoms with Crippen LogP contribution in [0.15, 0.2) is 23.8 Å². The highest BCUT2D eigenvalue weighted by molar-refractivity contribution is 7.99. The predicted molar refractivity (Wildman–Crippen MR) is 70.0 cm³/mol. The number of hydrogen-bond donors (Lipinski definition) is 0. The highest BCUT2D eigenvalue weighted by Gasteiger charge is 2.09. The average molecular weight is 254 g/mol. The van der Waals surface area contributed by atoms with Crippen molar-refractivity contribution in [3.05, 3.63) is 23.8 Å². The summed E-state index contributed by atoms with van der Waals surface area (Å²) in [6.07, 6.45) is 8.20. The van der Waals surface area contributed by atoms with Crippen LogP contribution in [0.2, 0.25) is 0 Å². The largest absolute Gasteiger partial charge is 0.461 e. The van der Waals surface area contributed by atoms with Crippen molar-refractivity contribution in [3.8, 4) is 0 Å². The van der Waals surface area contributed by atoms with E-state index in [1.807, 2.05) is 18.2 Å². The second-order valence-electron chi connectivity index (χ2n) is 3.84. The molecule has 4 heteroatoms. The summed E-state index contributed by atoms with van der Waals surface area (Å²) in [5.41, 5.74) is 0.657. The Morgan fingerprint density at radius 1 is 1.35 bits per heavy atom. The normalized spacial score (nSPS) is 14.3. The number of esters is 1. The summed E-state index contributed by atoms with van der Waals surface area (Å²) < 4.78 is 5.12. The minimum Gasteiger partial charge on any atom is -0.461 e. The molecule has 17 heavy (non-hydrogen) atoms. The van der Waals surface area contributed by atoms with Crippen LogP contribution >= 0.6 is 11.8 Å². The zero-order valence-corrected chi connectivity index (χ0v) is 10.9. The number of ketones is 1. The topological polar surface area (TPSA) is 43.4 Å². The minimum atomic E-state index is -0.242. The molecule has 0 amide bonds. The molecular formula is C13H18O3S. The van der Waals surface area contributed by atoms with Gasteiger partial charge in [-0.1, -0.05) is 18.2 Å². The van der Waals surface area contributed by atoms with Gasteiger partial charge in [-0.2, -0.15) is 11.8 Å². The lowest BCUT2D eigenvalue weighted by atomic mass is 10.1. The number of allylic oxidation sites excluding steroid dienone is 2. The van der Waals surface area contributed by atoms with Crippen molar-refractivity contribution in [1.82, 2.24) is 0 Å². The summed E-state index contributed by atoms with van der Waals surface area (Å²) in [7, 11) is 0. The lowest BCUT2D eigenvalue weighted by Gasteiger charge is -2.07. The fourth-order valence-electron chi connectivity index (χ4n) is 1.36. The number of carbonyl (C=O) groups excluding carboxylic acids is 2. The number of ether oxygens (including phenoxy) is 1. The van der Waals surface area contributed by atoms with Gasteiger partial charge in [0.1, 0.15) is 12.4 Å². The average Bonchev–Trinajstić information content (AvgIpc) is 2.34. The van der Waals surface area contributed by atoms with Crippen LogP contribution in [0.1, 0.15) is 26.2 Å². The van der Waals surface area contributed by atoms with Crippen molar-refractivity contribution in [3.63, 3.8) is 0 Å². The smallest absolute Gasteiger partial charge is 0.337 e. The molecule has 1 aliphatic rings. The molecule has 0 aromatic carbocycles. The zero-order valence-electron chi connectivity index (χ0n) is 10.1. The van der Waals surface area contributed by atoms with Crippen molar-refractivity contribution >= 4 is 23.5 Å². The number of Topliss-reactive ketones (excluding diaryl/α,β-unsaturated/α-hetero) is 1. The maximum atomic E-state index is 11.5. The first-order chi connectivity index (χ1) is 8.20. The maximum Gasteiger partial charge on any atom is 0.337 e. The van der Waals surface area contributed by atoms with E-state index in [1.54, 1.807) is 18.7 Å². The molecule has 0 saturated carbocycles. The molecular weight excluding hydrogens is 236 g/mol. The van der Waals surface area contributed by atoms with Crippen LogP contribution in [-0.2, 0) is 14.3 Å². The lowest BCUT2D eigenvalue weighted by molar-refractivity contribution is -0.138. The van der Waals surface area contributed by atoms with Crippen molar-refractivity contribution in [2.75, 3.05) is 18.1 Å². The first-order valence-electron chi connectivity index (χ1n) is 5.81. The Balaban J connectivity index is 2.06. The van der Waals surface area contributed by atoms with Crippen LogP contribution < -0.4 is 0 Å². The Labute approximate surface area is 106 Å². The fourth-order valence-corrected chi connectivity index (χ4v) is 2.20. The Morgan fingerprint density at radius 3 is 2.82 bits per heavy atom. The second-order valence-corrected chi connectivity index (χ2v) is 5.06. The van der Waals surface area contributed by atoms with E-state index in [1.165, 1.54) is 0 Å². The molecule has 0 fully saturated rings. The molecule has 0 saturated heterocycles. The van der Waals surface area contributed by atoms with Gasteiger partial charge in [0.25, 0.3) is 0 Å². The zero-order chi connectivity index (χ0) is 12.5. The molecule has 0 N–H and O–H groups in total. The van der Waals surface area contributed by atoms with Gasteiger partial charge in [-0.15, -0.1) is 0 Å². The first kappa shape index (κ1) is 14.0. The number of carbonyl (C=O) groups is 2. The summed E-state index contributed by atoms with van der Waals surface area (Å²) in [5.74, 6) is 1.51. The Bertz CT molecular complexity index is 332. The fraction of sp³-hybridized carbons (Fsp3) is 0.538. The third-order valence-electron chi connectivity index (χ3n) is 2.29. The van der Waals surface area contributed by atoms with Crippen LogP contribution in [-0.4, -0.2) is 29.9 Å². The highest BCUT2D eigenvalue weighted by Crippen LogP contribution is 2.11. The molecule has 3 nitrogen and oxygen atoms in total. The molecule has 0 atom stereocenters. The first-order valence-corrected chi connectivity index (χ1v) is 6.96. The van der Waals surface area contributed by atoms with Gasteiger partial charge in [0.2, 0.25) is 0 Å². The van der Waals surface area contributed by atoms with Crippen molar-refractivity contribution in [2.45, 2.75) is 26.2 Å². The summed E-state index contributed by atoms with van der Waals surface area (Å²) in [5, 5.41) is 0. The van der Waals surface area contributed by atoms with Crippen LogP contribution in [0.4, 0.5) is 0 Å². The van der Waals surface area contributed by atoms with Crippen molar-refractivity contribution < 1.29 is 14.3 Å². The summed E-state index contributed by atoms with van der Waals surface area (Å²) >= 11 is 1.63. The van der Waals surface area contributed by atoms with Gasteiger partial charge in [0, 0.05) is 17.9 Å². The third-order valence-corrected chi connectivity index (χ3v) is 3.24. The highest BCUT2D eigenvalue weighted by atomic mass is 32.2. The molecule has 0 unspecified atom stereocenters. The van der Waals surface area contributed by atoms with E-state index in [0.717, 1.165) is 24.3 Å². The summed E-state index contributed by atoms with van der Waals surface area (Å²) in [6.45, 7) is 2.00. The molecule has 94 valence electrons. The number of rotatable bonds is 7. The number of hydrogen-bond acceptors (Lipinski definition) is 4. The van der Waals surface area contributed by atoms with E-state index in [9.17, 15) is 9.59 Å². The monoisotopic (exact) mass is 254 g/mol. The quantitative estimate of drug-likeness (QED) is 0.517. The van der Waals surface area contributed by atoms with E-state index in [2.05, 4.69) is 0 Å². The van der Waals surface area contributed by atoms with Gasteiger partial charge < -0.3 is 4.74 Å². The SMILES string of the molecule is CC(=O)CCSCCOC(=O)C1=CCCC=C1. The van der Waals surface area contributed by atoms with Crippen LogP contribution in [0.3, 0.4) is 0 Å². The van der Waals surface area contributed by atoms with Crippen LogP contribution in [0.25, 0.3) is 0 Å². The Morgan fingerprint density at radius 2 is 2.18 bits per heavy atom. The van der Waals surface area contributed by atoms with Gasteiger partial charge in [0.05, 0.1) is 5.57 Å². The maximum absolute atomic E-state index is 11.5. The van der Waals surface area contributed by atoms with Gasteiger partial charge >= 0.3 is 5.97 Å². The predicted octanol–water partition coefficient (Wildman–Crippen LogP) is 2.52. The van der Waals surface area contributed by atoms with Crippen molar-refractivity contribution in [1.29, 1.82) is 0 Å². The molecule has 0 heterocycles. The second kappa shape index (κ2) is 8.12. The molecule has 0 aromatic heterocycles. The molecule has 0 spiro atoms. The molecule has 0 bridgehead atoms. The van der Waals surface area contributed by atoms with Crippen LogP contribution in [0, 0.1) is 0 Å². The molecule has 0 aromatic rings. The Kier molecular flexibility index (Phi) is 6.70. The number of thioether (sulfide) groups is 1. The van der Waals surface area contributed by atoms with Gasteiger partial charge in [0.15, 0.2) is 0 Å². The summed E-state index contributed by atoms with van der Waals surface area (Å²) in [4.78, 5) is 22.2. The third kappa shape index (κ3) is 6.31. The van der Waals surface area contributed by atoms with Gasteiger partial charge in [-0.05, 0) is 19.8 Å². The molecule has 1 rings (SSSR count). The molecule has 0 aliphatic heterocycles. The van der Waals surface area contributed by atoms with E-state index in [0.29, 0.717) is 18.6 Å². The van der Waals surface area contributed by atoms with E-state index in [-0.39, 0.29) is 11.8 Å². The minimum absolute atomic E-state index is 0.201. The summed E-state index contributed by atoms with van der Waals surface area (Å²) in [6, 6.07) is 0. The van der Waals surface area contributed by atoms with Crippen molar-refractivity contribution in [2.24, 2.45) is 0 Å². The van der Waals surface area contributed by atoms with Crippen LogP contribution in [0.5, 0.6) is 0 Å². The Hall–Kier alpha value is -1.03. The standard InChI is InChI=1S/C13H18O3S/c1-11(14)7-9-17-10-8-16-13(15)12-5-3-2-4-6-12/h3,5-6H,2,4,7-10H2,1H3. The van der Waals surface area contributed by atoms with Gasteiger partial charge in [-0.25, -0.2) is 4.79 Å². The molecule has 1 aliphatic carbocycles. The molecule has 0 radical (unpaired) electrons. The van der Waals surface area contributed by atoms with E-state index < -0.39 is 0 Å². The lowest BCUT2D eigenvalue weighted by Crippen LogP contribution is -2.10. The van der Waals surface area contributed by atoms with E-state index in [4.69, 9.17) is 4.74 Å².